The van der Waals surface area contributed by atoms with Crippen molar-refractivity contribution in [3.63, 3.8) is 0 Å². The zero-order valence-electron chi connectivity index (χ0n) is 11.8. The number of aromatic amines is 1. The number of ether oxygens (including phenoxy) is 1. The normalized spacial score (nSPS) is 19.0. The van der Waals surface area contributed by atoms with E-state index in [0.29, 0.717) is 17.9 Å². The first-order valence-electron chi connectivity index (χ1n) is 6.89. The van der Waals surface area contributed by atoms with Crippen molar-refractivity contribution in [2.24, 2.45) is 11.5 Å². The average Bonchev–Trinajstić information content (AvgIpc) is 2.92. The van der Waals surface area contributed by atoms with E-state index in [0.717, 1.165) is 30.5 Å². The molecule has 3 rings (SSSR count). The molecule has 0 unspecified atom stereocenters. The van der Waals surface area contributed by atoms with Crippen LogP contribution in [0.4, 0.5) is 5.69 Å². The van der Waals surface area contributed by atoms with Crippen molar-refractivity contribution in [2.45, 2.75) is 18.9 Å². The van der Waals surface area contributed by atoms with E-state index in [1.54, 1.807) is 6.20 Å². The third-order valence-corrected chi connectivity index (χ3v) is 3.76. The van der Waals surface area contributed by atoms with Gasteiger partial charge in [0, 0.05) is 31.4 Å². The van der Waals surface area contributed by atoms with Gasteiger partial charge in [-0.05, 0) is 12.8 Å². The van der Waals surface area contributed by atoms with Crippen molar-refractivity contribution in [3.05, 3.63) is 18.0 Å². The van der Waals surface area contributed by atoms with Gasteiger partial charge in [0.15, 0.2) is 11.4 Å². The van der Waals surface area contributed by atoms with Crippen LogP contribution in [-0.4, -0.2) is 42.1 Å². The van der Waals surface area contributed by atoms with E-state index in [-0.39, 0.29) is 11.7 Å². The third-order valence-electron chi connectivity index (χ3n) is 3.76. The number of hydrogen-bond donors (Lipinski definition) is 3. The number of amides is 1. The van der Waals surface area contributed by atoms with E-state index in [9.17, 15) is 4.79 Å². The number of aromatic nitrogens is 2. The number of carbonyl (C=O) groups is 1. The molecule has 1 aliphatic heterocycles. The van der Waals surface area contributed by atoms with Crippen molar-refractivity contribution in [3.8, 4) is 5.75 Å². The standard InChI is InChI=1S/C14H18N5O2/c1-21-12-10(13(16)20)18-14-9(4-5-17-14)11(12)19-6-2-3-8(15)7-19/h5,8H,2-3,6-7,15H2,1H3,(H2,16,20)(H,17,18)/t8-/m1/s1. The number of primary amides is 1. The summed E-state index contributed by atoms with van der Waals surface area (Å²) in [6.07, 6.45) is 3.65. The van der Waals surface area contributed by atoms with E-state index in [1.165, 1.54) is 7.11 Å². The van der Waals surface area contributed by atoms with Gasteiger partial charge in [0.25, 0.3) is 5.91 Å². The van der Waals surface area contributed by atoms with E-state index in [1.807, 2.05) is 0 Å². The molecular weight excluding hydrogens is 270 g/mol. The van der Waals surface area contributed by atoms with Gasteiger partial charge in [0.05, 0.1) is 18.2 Å². The summed E-state index contributed by atoms with van der Waals surface area (Å²) in [6, 6.07) is 3.21. The lowest BCUT2D eigenvalue weighted by molar-refractivity contribution is 0.0992. The maximum Gasteiger partial charge on any atom is 0.271 e. The van der Waals surface area contributed by atoms with Crippen LogP contribution >= 0.6 is 0 Å². The maximum atomic E-state index is 11.7. The Morgan fingerprint density at radius 2 is 2.43 bits per heavy atom. The molecule has 2 aromatic rings. The fraction of sp³-hybridized carbons (Fsp3) is 0.429. The molecule has 0 aliphatic carbocycles. The van der Waals surface area contributed by atoms with Crippen LogP contribution in [0.1, 0.15) is 23.3 Å². The Morgan fingerprint density at radius 1 is 1.62 bits per heavy atom. The third kappa shape index (κ3) is 2.29. The molecule has 111 valence electrons. The van der Waals surface area contributed by atoms with Crippen molar-refractivity contribution < 1.29 is 9.53 Å². The van der Waals surface area contributed by atoms with E-state index < -0.39 is 5.91 Å². The number of piperidine rings is 1. The number of rotatable bonds is 3. The van der Waals surface area contributed by atoms with Gasteiger partial charge in [0.1, 0.15) is 5.65 Å². The highest BCUT2D eigenvalue weighted by atomic mass is 16.5. The van der Waals surface area contributed by atoms with Crippen LogP contribution in [0.25, 0.3) is 11.0 Å². The molecule has 7 heteroatoms. The van der Waals surface area contributed by atoms with Crippen LogP contribution in [0, 0.1) is 6.07 Å². The number of pyridine rings is 1. The van der Waals surface area contributed by atoms with Crippen molar-refractivity contribution in [1.29, 1.82) is 0 Å². The first-order chi connectivity index (χ1) is 10.1. The van der Waals surface area contributed by atoms with Crippen LogP contribution in [-0.2, 0) is 0 Å². The largest absolute Gasteiger partial charge is 0.492 e. The number of nitrogens with zero attached hydrogens (tertiary/aromatic N) is 2. The van der Waals surface area contributed by atoms with Gasteiger partial charge < -0.3 is 26.1 Å². The number of carbonyl (C=O) groups excluding carboxylic acids is 1. The molecule has 1 aliphatic rings. The molecular formula is C14H18N5O2. The van der Waals surface area contributed by atoms with Gasteiger partial charge in [-0.25, -0.2) is 4.98 Å². The van der Waals surface area contributed by atoms with Crippen LogP contribution in [0.2, 0.25) is 0 Å². The smallest absolute Gasteiger partial charge is 0.271 e. The highest BCUT2D eigenvalue weighted by Gasteiger charge is 2.27. The second kappa shape index (κ2) is 5.25. The highest BCUT2D eigenvalue weighted by molar-refractivity contribution is 6.03. The average molecular weight is 288 g/mol. The summed E-state index contributed by atoms with van der Waals surface area (Å²) in [4.78, 5) is 21.0. The Morgan fingerprint density at radius 3 is 3.10 bits per heavy atom. The molecule has 7 nitrogen and oxygen atoms in total. The molecule has 5 N–H and O–H groups in total. The number of nitrogens with one attached hydrogen (secondary N) is 1. The zero-order chi connectivity index (χ0) is 15.0. The van der Waals surface area contributed by atoms with Gasteiger partial charge in [-0.3, -0.25) is 4.79 Å². The van der Waals surface area contributed by atoms with Crippen LogP contribution < -0.4 is 21.1 Å². The fourth-order valence-electron chi connectivity index (χ4n) is 2.85. The van der Waals surface area contributed by atoms with Crippen LogP contribution in [0.5, 0.6) is 5.75 Å². The fourth-order valence-corrected chi connectivity index (χ4v) is 2.85. The predicted octanol–water partition coefficient (Wildman–Crippen LogP) is 0.398. The summed E-state index contributed by atoms with van der Waals surface area (Å²) in [5.74, 6) is -0.231. The Bertz CT molecular complexity index is 681. The minimum Gasteiger partial charge on any atom is -0.492 e. The molecule has 1 fully saturated rings. The van der Waals surface area contributed by atoms with E-state index >= 15 is 0 Å². The minimum atomic E-state index is -0.620. The number of fused-ring (bicyclic) bond motifs is 1. The quantitative estimate of drug-likeness (QED) is 0.757. The van der Waals surface area contributed by atoms with E-state index in [4.69, 9.17) is 16.2 Å². The SMILES string of the molecule is COc1c(C(N)=O)nc2[nH]c[c]c2c1N1CCC[C@@H](N)C1. The number of anilines is 1. The number of methoxy groups -OCH3 is 1. The zero-order valence-corrected chi connectivity index (χ0v) is 11.8. The lowest BCUT2D eigenvalue weighted by atomic mass is 10.0. The Balaban J connectivity index is 2.22. The molecule has 1 atom stereocenters. The first kappa shape index (κ1) is 13.7. The Kier molecular flexibility index (Phi) is 3.42. The molecule has 0 bridgehead atoms. The molecule has 0 spiro atoms. The van der Waals surface area contributed by atoms with Gasteiger partial charge in [0.2, 0.25) is 0 Å². The molecule has 1 amide bonds. The summed E-state index contributed by atoms with van der Waals surface area (Å²) in [5, 5.41) is 0.783. The van der Waals surface area contributed by atoms with Crippen molar-refractivity contribution in [2.75, 3.05) is 25.1 Å². The molecule has 2 aromatic heterocycles. The van der Waals surface area contributed by atoms with Gasteiger partial charge >= 0.3 is 0 Å². The lowest BCUT2D eigenvalue weighted by Gasteiger charge is -2.34. The monoisotopic (exact) mass is 288 g/mol. The second-order valence-electron chi connectivity index (χ2n) is 5.21. The van der Waals surface area contributed by atoms with Crippen LogP contribution in [0.3, 0.4) is 0 Å². The lowest BCUT2D eigenvalue weighted by Crippen LogP contribution is -2.43. The molecule has 21 heavy (non-hydrogen) atoms. The Labute approximate surface area is 122 Å². The topological polar surface area (TPSA) is 110 Å². The molecule has 0 saturated carbocycles. The summed E-state index contributed by atoms with van der Waals surface area (Å²) >= 11 is 0. The van der Waals surface area contributed by atoms with E-state index in [2.05, 4.69) is 20.9 Å². The number of H-pyrrole nitrogens is 1. The van der Waals surface area contributed by atoms with Crippen molar-refractivity contribution in [1.82, 2.24) is 9.97 Å². The maximum absolute atomic E-state index is 11.7. The molecule has 1 radical (unpaired) electrons. The van der Waals surface area contributed by atoms with Crippen LogP contribution in [0.15, 0.2) is 6.20 Å². The molecule has 0 aromatic carbocycles. The predicted molar refractivity (Wildman–Crippen MR) is 79.4 cm³/mol. The molecule has 1 saturated heterocycles. The van der Waals surface area contributed by atoms with Gasteiger partial charge in [-0.1, -0.05) is 0 Å². The number of nitrogens with two attached hydrogens (primary N) is 2. The Hall–Kier alpha value is -2.28. The first-order valence-corrected chi connectivity index (χ1v) is 6.89. The van der Waals surface area contributed by atoms with Gasteiger partial charge in [-0.2, -0.15) is 0 Å². The summed E-state index contributed by atoms with van der Waals surface area (Å²) < 4.78 is 5.42. The second-order valence-corrected chi connectivity index (χ2v) is 5.21. The number of hydrogen-bond acceptors (Lipinski definition) is 5. The van der Waals surface area contributed by atoms with Gasteiger partial charge in [-0.15, -0.1) is 0 Å². The summed E-state index contributed by atoms with van der Waals surface area (Å²) in [5.41, 5.74) is 13.0. The molecule has 3 heterocycles. The minimum absolute atomic E-state index is 0.0997. The summed E-state index contributed by atoms with van der Waals surface area (Å²) in [6.45, 7) is 1.55. The highest BCUT2D eigenvalue weighted by Crippen LogP contribution is 2.38. The van der Waals surface area contributed by atoms with Crippen molar-refractivity contribution >= 4 is 22.6 Å². The summed E-state index contributed by atoms with van der Waals surface area (Å²) in [7, 11) is 1.51.